The summed E-state index contributed by atoms with van der Waals surface area (Å²) in [4.78, 5) is 27.2. The Morgan fingerprint density at radius 3 is 1.39 bits per heavy atom. The number of ether oxygens (including phenoxy) is 3. The van der Waals surface area contributed by atoms with Gasteiger partial charge in [0, 0.05) is 39.0 Å². The van der Waals surface area contributed by atoms with Crippen LogP contribution in [0, 0.1) is 23.7 Å². The molecule has 67 heavy (non-hydrogen) atoms. The van der Waals surface area contributed by atoms with Crippen LogP contribution in [0.1, 0.15) is 126 Å². The van der Waals surface area contributed by atoms with Gasteiger partial charge in [0.25, 0.3) is 0 Å². The van der Waals surface area contributed by atoms with E-state index < -0.39 is 29.4 Å². The van der Waals surface area contributed by atoms with E-state index in [1.807, 2.05) is 12.1 Å². The van der Waals surface area contributed by atoms with Crippen LogP contribution in [0.4, 0.5) is 26.3 Å². The molecule has 0 amide bonds. The zero-order valence-corrected chi connectivity index (χ0v) is 39.0. The molecule has 4 aromatic rings. The summed E-state index contributed by atoms with van der Waals surface area (Å²) in [6.45, 7) is 8.46. The highest BCUT2D eigenvalue weighted by atomic mass is 19.4. The highest BCUT2D eigenvalue weighted by molar-refractivity contribution is 5.92. The van der Waals surface area contributed by atoms with E-state index in [1.165, 1.54) is 25.3 Å². The fourth-order valence-corrected chi connectivity index (χ4v) is 10.9. The highest BCUT2D eigenvalue weighted by Gasteiger charge is 2.39. The Morgan fingerprint density at radius 1 is 0.582 bits per heavy atom. The third-order valence-corrected chi connectivity index (χ3v) is 14.4. The van der Waals surface area contributed by atoms with Crippen molar-refractivity contribution in [1.29, 1.82) is 0 Å². The number of carbonyl (C=O) groups excluding carboxylic acids is 1. The van der Waals surface area contributed by atoms with Crippen LogP contribution < -0.4 is 9.47 Å². The lowest BCUT2D eigenvalue weighted by molar-refractivity contribution is -0.142. The lowest BCUT2D eigenvalue weighted by Gasteiger charge is -2.32. The van der Waals surface area contributed by atoms with Gasteiger partial charge in [0.05, 0.1) is 19.3 Å². The number of rotatable bonds is 12. The molecule has 4 aliphatic rings. The van der Waals surface area contributed by atoms with E-state index in [2.05, 4.69) is 23.6 Å². The monoisotopic (exact) mass is 940 g/mol. The van der Waals surface area contributed by atoms with Crippen LogP contribution in [0.25, 0.3) is 21.5 Å². The van der Waals surface area contributed by atoms with Crippen molar-refractivity contribution in [2.45, 2.75) is 141 Å². The van der Waals surface area contributed by atoms with Crippen molar-refractivity contribution in [2.75, 3.05) is 33.3 Å². The quantitative estimate of drug-likeness (QED) is 0.111. The molecule has 0 aromatic heterocycles. The number of hydrogen-bond acceptors (Lipinski definition) is 7. The van der Waals surface area contributed by atoms with E-state index in [0.717, 1.165) is 108 Å². The molecule has 2 aliphatic heterocycles. The van der Waals surface area contributed by atoms with Gasteiger partial charge in [-0.1, -0.05) is 62.4 Å². The van der Waals surface area contributed by atoms with Gasteiger partial charge in [0.2, 0.25) is 0 Å². The van der Waals surface area contributed by atoms with Crippen molar-refractivity contribution >= 4 is 33.5 Å². The molecule has 4 aromatic carbocycles. The number of carboxylic acids is 1. The third-order valence-electron chi connectivity index (χ3n) is 14.4. The first kappa shape index (κ1) is 50.3. The molecule has 2 saturated heterocycles. The van der Waals surface area contributed by atoms with E-state index in [9.17, 15) is 35.9 Å². The maximum Gasteiger partial charge on any atom is 0.420 e. The van der Waals surface area contributed by atoms with Gasteiger partial charge < -0.3 is 19.3 Å². The van der Waals surface area contributed by atoms with Gasteiger partial charge in [-0.05, 0) is 159 Å². The maximum absolute atomic E-state index is 14.3. The standard InChI is InChI=1S/C27H34F3NO3.C26H32F3NO3/c1-18-8-10-21(11-9-18)34-24-13-12-22-20(6-3-7-23(22)26(24)27(28,29)30)17-31-14-4-5-19(16-31)15-25(32)33-2;1-17-7-9-20(10-8-17)33-23-12-11-21-19(5-2-6-22(21)25(23)26(27,28)29)16-30-13-3-4-18(15-30)14-24(31)32/h3,6-7,12-13,18-19,21H,4-5,8-11,14-17H2,1-2H3;2,5-6,11-12,17-18,20H,3-4,7-10,13-16H2,1H3,(H,31,32)/t18?,19-,21?;17?,18-,20?/m11/s1. The first-order chi connectivity index (χ1) is 31.9. The Hall–Kier alpha value is -4.56. The average Bonchev–Trinajstić information content (AvgIpc) is 3.27. The minimum absolute atomic E-state index is 0.0622. The van der Waals surface area contributed by atoms with Crippen LogP contribution in [0.3, 0.4) is 0 Å². The number of carbonyl (C=O) groups is 2. The second-order valence-corrected chi connectivity index (χ2v) is 19.8. The van der Waals surface area contributed by atoms with Crippen LogP contribution in [-0.4, -0.2) is 72.3 Å². The summed E-state index contributed by atoms with van der Waals surface area (Å²) in [6, 6.07) is 16.7. The summed E-state index contributed by atoms with van der Waals surface area (Å²) in [5.74, 6) is 0.321. The number of fused-ring (bicyclic) bond motifs is 2. The van der Waals surface area contributed by atoms with Crippen LogP contribution in [-0.2, 0) is 39.8 Å². The zero-order chi connectivity index (χ0) is 47.9. The maximum atomic E-state index is 14.3. The number of likely N-dealkylation sites (tertiary alicyclic amines) is 2. The summed E-state index contributed by atoms with van der Waals surface area (Å²) in [5.41, 5.74) is 0.322. The number of benzene rings is 4. The van der Waals surface area contributed by atoms with Crippen molar-refractivity contribution < 1.29 is 55.2 Å². The fourth-order valence-electron chi connectivity index (χ4n) is 10.9. The van der Waals surface area contributed by atoms with Gasteiger partial charge in [-0.2, -0.15) is 26.3 Å². The number of halogens is 6. The summed E-state index contributed by atoms with van der Waals surface area (Å²) in [5, 5.41) is 10.7. The van der Waals surface area contributed by atoms with Gasteiger partial charge in [-0.3, -0.25) is 19.4 Å². The predicted molar refractivity (Wildman–Crippen MR) is 247 cm³/mol. The molecule has 366 valence electrons. The highest BCUT2D eigenvalue weighted by Crippen LogP contribution is 2.45. The van der Waals surface area contributed by atoms with E-state index in [4.69, 9.17) is 19.3 Å². The third kappa shape index (κ3) is 13.4. The number of nitrogens with zero attached hydrogens (tertiary/aromatic N) is 2. The normalized spacial score (nSPS) is 24.4. The second kappa shape index (κ2) is 22.2. The van der Waals surface area contributed by atoms with Crippen LogP contribution in [0.2, 0.25) is 0 Å². The Morgan fingerprint density at radius 2 is 1.00 bits per heavy atom. The molecule has 8 rings (SSSR count). The fraction of sp³-hybridized carbons (Fsp3) is 0.585. The number of esters is 1. The lowest BCUT2D eigenvalue weighted by atomic mass is 9.89. The number of hydrogen-bond donors (Lipinski definition) is 1. The lowest BCUT2D eigenvalue weighted by Crippen LogP contribution is -2.36. The van der Waals surface area contributed by atoms with E-state index in [0.29, 0.717) is 48.7 Å². The van der Waals surface area contributed by atoms with Crippen molar-refractivity contribution in [3.63, 3.8) is 0 Å². The van der Waals surface area contributed by atoms with Crippen molar-refractivity contribution in [2.24, 2.45) is 23.7 Å². The molecule has 8 nitrogen and oxygen atoms in total. The molecular formula is C53H66F6N2O6. The summed E-state index contributed by atoms with van der Waals surface area (Å²) < 4.78 is 102. The predicted octanol–water partition coefficient (Wildman–Crippen LogP) is 13.1. The molecule has 1 N–H and O–H groups in total. The van der Waals surface area contributed by atoms with E-state index >= 15 is 0 Å². The SMILES string of the molecule is CC1CCC(Oc2ccc3c(CN4CCC[C@H](CC(=O)O)C4)cccc3c2C(F)(F)F)CC1.COC(=O)C[C@H]1CCCN(Cc2cccc3c(C(F)(F)F)c(OC4CCC(C)CC4)ccc23)C1. The van der Waals surface area contributed by atoms with E-state index in [-0.39, 0.29) is 58.7 Å². The van der Waals surface area contributed by atoms with Gasteiger partial charge in [0.1, 0.15) is 22.6 Å². The number of aliphatic carboxylic acids is 1. The second-order valence-electron chi connectivity index (χ2n) is 19.8. The minimum atomic E-state index is -4.52. The van der Waals surface area contributed by atoms with Gasteiger partial charge >= 0.3 is 24.3 Å². The summed E-state index contributed by atoms with van der Waals surface area (Å²) in [7, 11) is 1.39. The Labute approximate surface area is 390 Å². The van der Waals surface area contributed by atoms with Crippen molar-refractivity contribution in [1.82, 2.24) is 9.80 Å². The summed E-state index contributed by atoms with van der Waals surface area (Å²) >= 11 is 0. The first-order valence-electron chi connectivity index (χ1n) is 24.2. The molecule has 0 bridgehead atoms. The topological polar surface area (TPSA) is 88.5 Å². The molecule has 0 unspecified atom stereocenters. The number of carboxylic acid groups (broad SMARTS) is 1. The molecular weight excluding hydrogens is 875 g/mol. The largest absolute Gasteiger partial charge is 0.490 e. The van der Waals surface area contributed by atoms with Crippen LogP contribution in [0.15, 0.2) is 60.7 Å². The molecule has 4 fully saturated rings. The van der Waals surface area contributed by atoms with Gasteiger partial charge in [0.15, 0.2) is 0 Å². The van der Waals surface area contributed by atoms with Crippen LogP contribution >= 0.6 is 0 Å². The molecule has 2 aliphatic carbocycles. The minimum Gasteiger partial charge on any atom is -0.490 e. The zero-order valence-electron chi connectivity index (χ0n) is 39.0. The van der Waals surface area contributed by atoms with Crippen molar-refractivity contribution in [3.05, 3.63) is 82.9 Å². The first-order valence-corrected chi connectivity index (χ1v) is 24.2. The van der Waals surface area contributed by atoms with Crippen molar-refractivity contribution in [3.8, 4) is 11.5 Å². The number of alkyl halides is 6. The van der Waals surface area contributed by atoms with Gasteiger partial charge in [-0.15, -0.1) is 0 Å². The Bertz CT molecular complexity index is 2300. The average molecular weight is 941 g/mol. The Balaban J connectivity index is 0.000000199. The molecule has 2 saturated carbocycles. The molecule has 14 heteroatoms. The molecule has 2 heterocycles. The number of methoxy groups -OCH3 is 1. The van der Waals surface area contributed by atoms with Gasteiger partial charge in [-0.25, -0.2) is 0 Å². The van der Waals surface area contributed by atoms with E-state index in [1.54, 1.807) is 30.3 Å². The summed E-state index contributed by atoms with van der Waals surface area (Å²) in [6.07, 6.45) is 1.87. The molecule has 0 spiro atoms. The Kier molecular flexibility index (Phi) is 16.7. The number of piperidine rings is 2. The molecule has 0 radical (unpaired) electrons. The molecule has 2 atom stereocenters. The smallest absolute Gasteiger partial charge is 0.420 e. The van der Waals surface area contributed by atoms with Crippen LogP contribution in [0.5, 0.6) is 11.5 Å².